The highest BCUT2D eigenvalue weighted by atomic mass is 19.1. The van der Waals surface area contributed by atoms with Gasteiger partial charge in [-0.3, -0.25) is 14.6 Å². The zero-order valence-electron chi connectivity index (χ0n) is 27.2. The van der Waals surface area contributed by atoms with E-state index in [1.54, 1.807) is 37.6 Å². The number of methoxy groups -OCH3 is 1. The van der Waals surface area contributed by atoms with Gasteiger partial charge in [-0.25, -0.2) is 4.39 Å². The maximum Gasteiger partial charge on any atom is 0.240 e. The smallest absolute Gasteiger partial charge is 0.240 e. The fourth-order valence-electron chi connectivity index (χ4n) is 5.78. The normalized spacial score (nSPS) is 16.6. The van der Waals surface area contributed by atoms with Crippen LogP contribution in [0.2, 0.25) is 0 Å². The van der Waals surface area contributed by atoms with Crippen LogP contribution in [-0.4, -0.2) is 55.0 Å². The molecule has 46 heavy (non-hydrogen) atoms. The molecule has 1 aromatic heterocycles. The molecule has 0 aliphatic heterocycles. The first-order chi connectivity index (χ1) is 22.0. The van der Waals surface area contributed by atoms with E-state index < -0.39 is 28.5 Å². The molecule has 242 valence electrons. The fraction of sp³-hybridized carbons (Fsp3) is 0.361. The molecule has 1 saturated carbocycles. The average molecular weight is 629 g/mol. The summed E-state index contributed by atoms with van der Waals surface area (Å²) in [6.45, 7) is 13.2. The van der Waals surface area contributed by atoms with Gasteiger partial charge in [0.25, 0.3) is 0 Å². The fourth-order valence-corrected chi connectivity index (χ4v) is 5.78. The Kier molecular flexibility index (Phi) is 9.48. The minimum Gasteiger partial charge on any atom is -0.493 e. The summed E-state index contributed by atoms with van der Waals surface area (Å²) in [6.07, 6.45) is 2.07. The quantitative estimate of drug-likeness (QED) is 0.151. The lowest BCUT2D eigenvalue weighted by Crippen LogP contribution is -2.39. The SMILES string of the molecule is CCN(CC)CCOc1cc2nccc(Oc3ccc(NC(=O)C4(C(=O)Nc5ccc(F)cc5)CC4(C)C)cc3C)c2cc1OC. The van der Waals surface area contributed by atoms with E-state index in [0.717, 1.165) is 30.6 Å². The molecule has 3 aromatic carbocycles. The number of benzene rings is 3. The number of amides is 2. The van der Waals surface area contributed by atoms with Gasteiger partial charge in [0.2, 0.25) is 11.8 Å². The van der Waals surface area contributed by atoms with E-state index in [1.165, 1.54) is 24.3 Å². The van der Waals surface area contributed by atoms with Crippen LogP contribution in [0.3, 0.4) is 0 Å². The molecule has 1 aliphatic carbocycles. The number of anilines is 2. The van der Waals surface area contributed by atoms with E-state index in [1.807, 2.05) is 32.9 Å². The lowest BCUT2D eigenvalue weighted by atomic mass is 9.93. The molecule has 1 atom stereocenters. The number of likely N-dealkylation sites (N-methyl/N-ethyl adjacent to an activating group) is 1. The Labute approximate surface area is 269 Å². The summed E-state index contributed by atoms with van der Waals surface area (Å²) >= 11 is 0. The van der Waals surface area contributed by atoms with Crippen molar-refractivity contribution in [1.82, 2.24) is 9.88 Å². The van der Waals surface area contributed by atoms with Crippen LogP contribution < -0.4 is 24.8 Å². The maximum atomic E-state index is 13.6. The summed E-state index contributed by atoms with van der Waals surface area (Å²) < 4.78 is 31.4. The van der Waals surface area contributed by atoms with E-state index in [-0.39, 0.29) is 0 Å². The standard InChI is InChI=1S/C36H41FN4O5/c1-7-41(8-2)17-18-45-32-21-28-27(20-31(32)44-6)30(15-16-38-28)46-29-14-13-26(19-23(29)3)40-34(43)36(22-35(36,4)5)33(42)39-25-11-9-24(37)10-12-25/h9-16,19-21H,7-8,17-18,22H2,1-6H3,(H,39,42)(H,40,43). The van der Waals surface area contributed by atoms with E-state index in [2.05, 4.69) is 34.4 Å². The van der Waals surface area contributed by atoms with Crippen molar-refractivity contribution in [1.29, 1.82) is 0 Å². The summed E-state index contributed by atoms with van der Waals surface area (Å²) in [5.74, 6) is 1.17. The monoisotopic (exact) mass is 628 g/mol. The number of aryl methyl sites for hydroxylation is 1. The number of nitrogens with one attached hydrogen (secondary N) is 2. The van der Waals surface area contributed by atoms with Gasteiger partial charge < -0.3 is 29.7 Å². The van der Waals surface area contributed by atoms with Crippen molar-refractivity contribution < 1.29 is 28.2 Å². The van der Waals surface area contributed by atoms with Crippen molar-refractivity contribution in [3.05, 3.63) is 78.2 Å². The van der Waals surface area contributed by atoms with Crippen molar-refractivity contribution in [2.24, 2.45) is 10.8 Å². The molecule has 0 bridgehead atoms. The Balaban J connectivity index is 1.30. The zero-order valence-corrected chi connectivity index (χ0v) is 27.2. The van der Waals surface area contributed by atoms with Gasteiger partial charge in [-0.2, -0.15) is 0 Å². The van der Waals surface area contributed by atoms with Crippen molar-refractivity contribution in [2.45, 2.75) is 41.0 Å². The first-order valence-electron chi connectivity index (χ1n) is 15.5. The molecule has 4 aromatic rings. The van der Waals surface area contributed by atoms with Gasteiger partial charge in [-0.05, 0) is 92.0 Å². The third kappa shape index (κ3) is 6.62. The molecule has 0 saturated heterocycles. The molecule has 1 heterocycles. The zero-order chi connectivity index (χ0) is 33.1. The molecule has 2 N–H and O–H groups in total. The predicted octanol–water partition coefficient (Wildman–Crippen LogP) is 7.20. The highest BCUT2D eigenvalue weighted by Gasteiger charge is 2.71. The molecule has 1 aliphatic rings. The van der Waals surface area contributed by atoms with E-state index in [9.17, 15) is 14.0 Å². The number of hydrogen-bond acceptors (Lipinski definition) is 7. The summed E-state index contributed by atoms with van der Waals surface area (Å²) in [5, 5.41) is 6.47. The number of fused-ring (bicyclic) bond motifs is 1. The summed E-state index contributed by atoms with van der Waals surface area (Å²) in [7, 11) is 1.60. The molecular formula is C36H41FN4O5. The minimum absolute atomic E-state index is 0.389. The first kappa shape index (κ1) is 32.7. The van der Waals surface area contributed by atoms with Gasteiger partial charge in [0, 0.05) is 35.6 Å². The van der Waals surface area contributed by atoms with Crippen LogP contribution in [0.4, 0.5) is 15.8 Å². The van der Waals surface area contributed by atoms with Gasteiger partial charge in [0.15, 0.2) is 11.5 Å². The highest BCUT2D eigenvalue weighted by molar-refractivity contribution is 6.18. The maximum absolute atomic E-state index is 13.6. The molecule has 5 rings (SSSR count). The van der Waals surface area contributed by atoms with Crippen molar-refractivity contribution >= 4 is 34.1 Å². The summed E-state index contributed by atoms with van der Waals surface area (Å²) in [5.41, 5.74) is 0.657. The Bertz CT molecular complexity index is 1740. The first-order valence-corrected chi connectivity index (χ1v) is 15.5. The number of pyridine rings is 1. The minimum atomic E-state index is -1.26. The number of ether oxygens (including phenoxy) is 3. The number of hydrogen-bond donors (Lipinski definition) is 2. The second-order valence-electron chi connectivity index (χ2n) is 12.2. The number of halogens is 1. The highest BCUT2D eigenvalue weighted by Crippen LogP contribution is 2.64. The number of rotatable bonds is 13. The largest absolute Gasteiger partial charge is 0.493 e. The van der Waals surface area contributed by atoms with Gasteiger partial charge >= 0.3 is 0 Å². The Morgan fingerprint density at radius 1 is 0.891 bits per heavy atom. The molecule has 2 amide bonds. The van der Waals surface area contributed by atoms with Gasteiger partial charge in [-0.1, -0.05) is 27.7 Å². The molecule has 10 heteroatoms. The molecule has 1 fully saturated rings. The lowest BCUT2D eigenvalue weighted by Gasteiger charge is -2.20. The lowest BCUT2D eigenvalue weighted by molar-refractivity contribution is -0.132. The third-order valence-electron chi connectivity index (χ3n) is 8.81. The molecule has 0 spiro atoms. The second-order valence-corrected chi connectivity index (χ2v) is 12.2. The number of nitrogens with zero attached hydrogens (tertiary/aromatic N) is 2. The Morgan fingerprint density at radius 2 is 1.54 bits per heavy atom. The van der Waals surface area contributed by atoms with Gasteiger partial charge in [0.1, 0.15) is 29.3 Å². The van der Waals surface area contributed by atoms with Crippen LogP contribution in [0.1, 0.15) is 39.7 Å². The number of carbonyl (C=O) groups is 2. The molecule has 9 nitrogen and oxygen atoms in total. The Morgan fingerprint density at radius 3 is 2.15 bits per heavy atom. The van der Waals surface area contributed by atoms with E-state index in [4.69, 9.17) is 14.2 Å². The number of aromatic nitrogens is 1. The van der Waals surface area contributed by atoms with Crippen molar-refractivity contribution in [2.75, 3.05) is 44.0 Å². The van der Waals surface area contributed by atoms with Crippen molar-refractivity contribution in [3.63, 3.8) is 0 Å². The van der Waals surface area contributed by atoms with Crippen LogP contribution in [0.25, 0.3) is 10.9 Å². The van der Waals surface area contributed by atoms with Crippen LogP contribution in [0, 0.1) is 23.6 Å². The van der Waals surface area contributed by atoms with Crippen LogP contribution in [-0.2, 0) is 9.59 Å². The molecule has 1 unspecified atom stereocenters. The van der Waals surface area contributed by atoms with Gasteiger partial charge in [0.05, 0.1) is 12.6 Å². The molecular weight excluding hydrogens is 587 g/mol. The summed E-state index contributed by atoms with van der Waals surface area (Å²) in [4.78, 5) is 33.7. The topological polar surface area (TPSA) is 102 Å². The van der Waals surface area contributed by atoms with Crippen LogP contribution >= 0.6 is 0 Å². The van der Waals surface area contributed by atoms with Crippen LogP contribution in [0.5, 0.6) is 23.0 Å². The third-order valence-corrected chi connectivity index (χ3v) is 8.81. The van der Waals surface area contributed by atoms with E-state index >= 15 is 0 Å². The number of carbonyl (C=O) groups excluding carboxylic acids is 2. The van der Waals surface area contributed by atoms with Crippen LogP contribution in [0.15, 0.2) is 66.9 Å². The van der Waals surface area contributed by atoms with Crippen molar-refractivity contribution in [3.8, 4) is 23.0 Å². The predicted molar refractivity (Wildman–Crippen MR) is 177 cm³/mol. The second kappa shape index (κ2) is 13.3. The average Bonchev–Trinajstić information content (AvgIpc) is 3.64. The van der Waals surface area contributed by atoms with Gasteiger partial charge in [-0.15, -0.1) is 0 Å². The Hall–Kier alpha value is -4.70. The summed E-state index contributed by atoms with van der Waals surface area (Å²) in [6, 6.07) is 16.3. The van der Waals surface area contributed by atoms with E-state index in [0.29, 0.717) is 52.9 Å². The molecule has 0 radical (unpaired) electrons.